The van der Waals surface area contributed by atoms with Crippen molar-refractivity contribution in [1.29, 1.82) is 0 Å². The lowest BCUT2D eigenvalue weighted by atomic mass is 10.0. The topological polar surface area (TPSA) is 15.3 Å². The first-order chi connectivity index (χ1) is 9.97. The molecule has 112 valence electrons. The van der Waals surface area contributed by atoms with Crippen molar-refractivity contribution < 1.29 is 4.39 Å². The van der Waals surface area contributed by atoms with Crippen molar-refractivity contribution in [3.63, 3.8) is 0 Å². The van der Waals surface area contributed by atoms with Crippen LogP contribution in [0.3, 0.4) is 0 Å². The Morgan fingerprint density at radius 2 is 1.62 bits per heavy atom. The number of nitrogens with one attached hydrogen (secondary N) is 1. The minimum atomic E-state index is -0.156. The van der Waals surface area contributed by atoms with E-state index in [1.54, 1.807) is 6.07 Å². The standard InChI is InChI=1S/C18H23FN2/c1-13(2)20-12-16-11-15(7-10-18(16)19)14-5-8-17(9-6-14)21(3)4/h5-11,13,20H,12H2,1-4H3. The van der Waals surface area contributed by atoms with Crippen LogP contribution in [0.2, 0.25) is 0 Å². The van der Waals surface area contributed by atoms with Crippen LogP contribution in [0.1, 0.15) is 19.4 Å². The molecule has 0 radical (unpaired) electrons. The molecule has 0 aliphatic heterocycles. The third-order valence-corrected chi connectivity index (χ3v) is 3.46. The molecular weight excluding hydrogens is 263 g/mol. The summed E-state index contributed by atoms with van der Waals surface area (Å²) >= 11 is 0. The first-order valence-electron chi connectivity index (χ1n) is 7.27. The largest absolute Gasteiger partial charge is 0.378 e. The van der Waals surface area contributed by atoms with Gasteiger partial charge in [0.25, 0.3) is 0 Å². The fourth-order valence-corrected chi connectivity index (χ4v) is 2.16. The number of nitrogens with zero attached hydrogens (tertiary/aromatic N) is 1. The van der Waals surface area contributed by atoms with Gasteiger partial charge in [0.05, 0.1) is 0 Å². The van der Waals surface area contributed by atoms with Gasteiger partial charge in [-0.1, -0.05) is 32.0 Å². The molecule has 2 aromatic carbocycles. The summed E-state index contributed by atoms with van der Waals surface area (Å²) in [6.45, 7) is 4.66. The summed E-state index contributed by atoms with van der Waals surface area (Å²) in [5.74, 6) is -0.156. The first-order valence-corrected chi connectivity index (χ1v) is 7.27. The van der Waals surface area contributed by atoms with Gasteiger partial charge in [0.2, 0.25) is 0 Å². The molecule has 0 bridgehead atoms. The van der Waals surface area contributed by atoms with Gasteiger partial charge in [-0.25, -0.2) is 4.39 Å². The van der Waals surface area contributed by atoms with Crippen molar-refractivity contribution in [2.24, 2.45) is 0 Å². The van der Waals surface area contributed by atoms with Gasteiger partial charge in [-0.15, -0.1) is 0 Å². The Labute approximate surface area is 126 Å². The molecule has 0 aromatic heterocycles. The van der Waals surface area contributed by atoms with Crippen LogP contribution in [0.5, 0.6) is 0 Å². The Hall–Kier alpha value is -1.87. The number of anilines is 1. The number of hydrogen-bond donors (Lipinski definition) is 1. The van der Waals surface area contributed by atoms with Crippen LogP contribution in [0.15, 0.2) is 42.5 Å². The highest BCUT2D eigenvalue weighted by molar-refractivity contribution is 5.67. The van der Waals surface area contributed by atoms with E-state index in [-0.39, 0.29) is 5.82 Å². The molecule has 0 unspecified atom stereocenters. The van der Waals surface area contributed by atoms with E-state index in [0.717, 1.165) is 16.8 Å². The molecule has 0 saturated carbocycles. The maximum atomic E-state index is 13.9. The second-order valence-electron chi connectivity index (χ2n) is 5.78. The zero-order chi connectivity index (χ0) is 15.4. The molecule has 0 fully saturated rings. The van der Waals surface area contributed by atoms with E-state index in [1.807, 2.05) is 26.2 Å². The van der Waals surface area contributed by atoms with Gasteiger partial charge in [-0.3, -0.25) is 0 Å². The molecular formula is C18H23FN2. The highest BCUT2D eigenvalue weighted by Crippen LogP contribution is 2.24. The molecule has 1 N–H and O–H groups in total. The van der Waals surface area contributed by atoms with Crippen molar-refractivity contribution in [2.45, 2.75) is 26.4 Å². The Balaban J connectivity index is 2.25. The summed E-state index contributed by atoms with van der Waals surface area (Å²) in [7, 11) is 4.03. The molecule has 0 amide bonds. The predicted octanol–water partition coefficient (Wildman–Crippen LogP) is 4.06. The van der Waals surface area contributed by atoms with E-state index in [4.69, 9.17) is 0 Å². The van der Waals surface area contributed by atoms with Crippen molar-refractivity contribution in [3.05, 3.63) is 53.8 Å². The van der Waals surface area contributed by atoms with Crippen LogP contribution in [-0.2, 0) is 6.54 Å². The van der Waals surface area contributed by atoms with Crippen molar-refractivity contribution in [3.8, 4) is 11.1 Å². The summed E-state index contributed by atoms with van der Waals surface area (Å²) in [4.78, 5) is 2.06. The normalized spacial score (nSPS) is 11.0. The molecule has 3 heteroatoms. The van der Waals surface area contributed by atoms with Gasteiger partial charge in [0.1, 0.15) is 5.82 Å². The van der Waals surface area contributed by atoms with Gasteiger partial charge in [0, 0.05) is 37.9 Å². The van der Waals surface area contributed by atoms with Crippen LogP contribution in [0.4, 0.5) is 10.1 Å². The van der Waals surface area contributed by atoms with Crippen LogP contribution in [0.25, 0.3) is 11.1 Å². The SMILES string of the molecule is CC(C)NCc1cc(-c2ccc(N(C)C)cc2)ccc1F. The maximum Gasteiger partial charge on any atom is 0.127 e. The molecule has 2 rings (SSSR count). The Morgan fingerprint density at radius 3 is 2.19 bits per heavy atom. The fourth-order valence-electron chi connectivity index (χ4n) is 2.16. The number of benzene rings is 2. The lowest BCUT2D eigenvalue weighted by Crippen LogP contribution is -2.22. The van der Waals surface area contributed by atoms with Crippen LogP contribution in [-0.4, -0.2) is 20.1 Å². The maximum absolute atomic E-state index is 13.9. The highest BCUT2D eigenvalue weighted by atomic mass is 19.1. The molecule has 21 heavy (non-hydrogen) atoms. The van der Waals surface area contributed by atoms with E-state index in [1.165, 1.54) is 0 Å². The Kier molecular flexibility index (Phi) is 4.97. The second-order valence-corrected chi connectivity index (χ2v) is 5.78. The first kappa shape index (κ1) is 15.5. The van der Waals surface area contributed by atoms with Crippen LogP contribution < -0.4 is 10.2 Å². The van der Waals surface area contributed by atoms with Gasteiger partial charge in [-0.05, 0) is 35.4 Å². The summed E-state index contributed by atoms with van der Waals surface area (Å²) in [5, 5.41) is 3.26. The summed E-state index contributed by atoms with van der Waals surface area (Å²) in [6, 6.07) is 13.9. The molecule has 0 heterocycles. The van der Waals surface area contributed by atoms with E-state index in [9.17, 15) is 4.39 Å². The van der Waals surface area contributed by atoms with Crippen molar-refractivity contribution >= 4 is 5.69 Å². The van der Waals surface area contributed by atoms with Gasteiger partial charge >= 0.3 is 0 Å². The average molecular weight is 286 g/mol. The molecule has 0 aliphatic rings. The lowest BCUT2D eigenvalue weighted by molar-refractivity contribution is 0.553. The van der Waals surface area contributed by atoms with Gasteiger partial charge < -0.3 is 10.2 Å². The predicted molar refractivity (Wildman–Crippen MR) is 88.1 cm³/mol. The molecule has 0 spiro atoms. The molecule has 0 atom stereocenters. The monoisotopic (exact) mass is 286 g/mol. The second kappa shape index (κ2) is 6.72. The summed E-state index contributed by atoms with van der Waals surface area (Å²) in [5.41, 5.74) is 4.01. The fraction of sp³-hybridized carbons (Fsp3) is 0.333. The number of hydrogen-bond acceptors (Lipinski definition) is 2. The van der Waals surface area contributed by atoms with E-state index < -0.39 is 0 Å². The quantitative estimate of drug-likeness (QED) is 0.892. The lowest BCUT2D eigenvalue weighted by Gasteiger charge is -2.14. The average Bonchev–Trinajstić information content (AvgIpc) is 2.46. The van der Waals surface area contributed by atoms with Crippen LogP contribution in [0, 0.1) is 5.82 Å². The minimum Gasteiger partial charge on any atom is -0.378 e. The van der Waals surface area contributed by atoms with Gasteiger partial charge in [0.15, 0.2) is 0 Å². The van der Waals surface area contributed by atoms with Crippen molar-refractivity contribution in [2.75, 3.05) is 19.0 Å². The molecule has 0 saturated heterocycles. The number of halogens is 1. The van der Waals surface area contributed by atoms with E-state index in [0.29, 0.717) is 18.2 Å². The molecule has 0 aliphatic carbocycles. The highest BCUT2D eigenvalue weighted by Gasteiger charge is 2.06. The Morgan fingerprint density at radius 1 is 1.00 bits per heavy atom. The van der Waals surface area contributed by atoms with Crippen molar-refractivity contribution in [1.82, 2.24) is 5.32 Å². The summed E-state index contributed by atoms with van der Waals surface area (Å²) < 4.78 is 13.9. The summed E-state index contributed by atoms with van der Waals surface area (Å²) in [6.07, 6.45) is 0. The Bertz CT molecular complexity index is 589. The smallest absolute Gasteiger partial charge is 0.127 e. The van der Waals surface area contributed by atoms with Gasteiger partial charge in [-0.2, -0.15) is 0 Å². The number of rotatable bonds is 5. The zero-order valence-electron chi connectivity index (χ0n) is 13.2. The van der Waals surface area contributed by atoms with Crippen LogP contribution >= 0.6 is 0 Å². The molecule has 2 nitrogen and oxygen atoms in total. The third-order valence-electron chi connectivity index (χ3n) is 3.46. The zero-order valence-corrected chi connectivity index (χ0v) is 13.2. The third kappa shape index (κ3) is 4.05. The molecule has 2 aromatic rings. The van der Waals surface area contributed by atoms with E-state index >= 15 is 0 Å². The minimum absolute atomic E-state index is 0.156. The van der Waals surface area contributed by atoms with E-state index in [2.05, 4.69) is 48.3 Å².